The van der Waals surface area contributed by atoms with Crippen molar-refractivity contribution in [1.29, 1.82) is 0 Å². The number of halogens is 1. The molecule has 26 heavy (non-hydrogen) atoms. The molecule has 0 radical (unpaired) electrons. The normalized spacial score (nSPS) is 19.3. The Bertz CT molecular complexity index is 712. The van der Waals surface area contributed by atoms with E-state index >= 15 is 0 Å². The quantitative estimate of drug-likeness (QED) is 0.792. The average Bonchev–Trinajstić information content (AvgIpc) is 3.13. The molecular weight excluding hydrogens is 374 g/mol. The van der Waals surface area contributed by atoms with Crippen molar-refractivity contribution in [3.8, 4) is 0 Å². The van der Waals surface area contributed by atoms with E-state index in [2.05, 4.69) is 10.0 Å². The first kappa shape index (κ1) is 21.2. The van der Waals surface area contributed by atoms with E-state index in [9.17, 15) is 13.2 Å². The highest BCUT2D eigenvalue weighted by atomic mass is 35.5. The van der Waals surface area contributed by atoms with Gasteiger partial charge in [-0.1, -0.05) is 18.9 Å². The maximum Gasteiger partial charge on any atom is 0.253 e. The summed E-state index contributed by atoms with van der Waals surface area (Å²) >= 11 is 0. The molecule has 1 saturated heterocycles. The minimum Gasteiger partial charge on any atom is -0.339 e. The van der Waals surface area contributed by atoms with Gasteiger partial charge in [0.05, 0.1) is 4.90 Å². The third-order valence-corrected chi connectivity index (χ3v) is 6.78. The summed E-state index contributed by atoms with van der Waals surface area (Å²) in [5, 5.41) is 3.24. The number of hydrogen-bond acceptors (Lipinski definition) is 4. The van der Waals surface area contributed by atoms with E-state index in [1.807, 2.05) is 11.9 Å². The summed E-state index contributed by atoms with van der Waals surface area (Å²) in [5.41, 5.74) is 0.442. The van der Waals surface area contributed by atoms with Crippen LogP contribution < -0.4 is 10.0 Å². The van der Waals surface area contributed by atoms with E-state index in [1.165, 1.54) is 6.07 Å². The smallest absolute Gasteiger partial charge is 0.253 e. The predicted molar refractivity (Wildman–Crippen MR) is 104 cm³/mol. The van der Waals surface area contributed by atoms with Crippen LogP contribution in [-0.4, -0.2) is 51.4 Å². The Balaban J connectivity index is 0.00000243. The van der Waals surface area contributed by atoms with Crippen LogP contribution in [0.1, 0.15) is 48.9 Å². The Morgan fingerprint density at radius 2 is 1.73 bits per heavy atom. The average molecular weight is 402 g/mol. The Morgan fingerprint density at radius 1 is 1.08 bits per heavy atom. The second-order valence-electron chi connectivity index (χ2n) is 6.99. The van der Waals surface area contributed by atoms with Crippen molar-refractivity contribution < 1.29 is 13.2 Å². The molecule has 2 fully saturated rings. The van der Waals surface area contributed by atoms with Crippen LogP contribution in [0.15, 0.2) is 29.2 Å². The van der Waals surface area contributed by atoms with Gasteiger partial charge in [0.2, 0.25) is 10.0 Å². The number of hydrogen-bond donors (Lipinski definition) is 2. The zero-order valence-corrected chi connectivity index (χ0v) is 16.7. The summed E-state index contributed by atoms with van der Waals surface area (Å²) in [6, 6.07) is 6.87. The van der Waals surface area contributed by atoms with E-state index in [4.69, 9.17) is 0 Å². The summed E-state index contributed by atoms with van der Waals surface area (Å²) in [4.78, 5) is 14.7. The van der Waals surface area contributed by atoms with Crippen molar-refractivity contribution in [1.82, 2.24) is 14.9 Å². The summed E-state index contributed by atoms with van der Waals surface area (Å²) in [6.45, 7) is 1.39. The van der Waals surface area contributed by atoms with Gasteiger partial charge >= 0.3 is 0 Å². The Kier molecular flexibility index (Phi) is 7.46. The lowest BCUT2D eigenvalue weighted by Crippen LogP contribution is -2.44. The molecule has 0 atom stereocenters. The van der Waals surface area contributed by atoms with Crippen molar-refractivity contribution in [3.63, 3.8) is 0 Å². The second kappa shape index (κ2) is 9.17. The third kappa shape index (κ3) is 4.97. The van der Waals surface area contributed by atoms with Crippen molar-refractivity contribution in [2.24, 2.45) is 0 Å². The van der Waals surface area contributed by atoms with Crippen molar-refractivity contribution in [2.45, 2.75) is 55.5 Å². The molecule has 0 unspecified atom stereocenters. The zero-order valence-electron chi connectivity index (χ0n) is 15.1. The number of sulfonamides is 1. The molecule has 0 aromatic heterocycles. The molecule has 8 heteroatoms. The minimum absolute atomic E-state index is 0. The molecule has 3 rings (SSSR count). The summed E-state index contributed by atoms with van der Waals surface area (Å²) in [5.74, 6) is -0.0903. The summed E-state index contributed by atoms with van der Waals surface area (Å²) in [7, 11) is -1.64. The number of nitrogens with one attached hydrogen (secondary N) is 2. The Hall–Kier alpha value is -1.15. The number of piperidine rings is 1. The van der Waals surface area contributed by atoms with Gasteiger partial charge < -0.3 is 10.2 Å². The van der Waals surface area contributed by atoms with Crippen molar-refractivity contribution >= 4 is 28.3 Å². The number of carbonyl (C=O) groups is 1. The number of likely N-dealkylation sites (tertiary alicyclic amines) is 1. The highest BCUT2D eigenvalue weighted by molar-refractivity contribution is 7.89. The molecule has 2 aliphatic rings. The van der Waals surface area contributed by atoms with Crippen LogP contribution in [0.25, 0.3) is 0 Å². The topological polar surface area (TPSA) is 78.5 Å². The molecular formula is C18H28ClN3O3S. The maximum atomic E-state index is 12.7. The van der Waals surface area contributed by atoms with Crippen LogP contribution in [0.5, 0.6) is 0 Å². The van der Waals surface area contributed by atoms with Crippen LogP contribution in [-0.2, 0) is 10.0 Å². The van der Waals surface area contributed by atoms with Crippen LogP contribution in [0.3, 0.4) is 0 Å². The fourth-order valence-corrected chi connectivity index (χ4v) is 5.03. The molecule has 0 bridgehead atoms. The number of benzene rings is 1. The standard InChI is InChI=1S/C18H27N3O3S.ClH/c1-19-15-9-11-21(12-10-15)18(22)14-5-4-8-17(13-14)25(23,24)20-16-6-2-3-7-16;/h4-5,8,13,15-16,19-20H,2-3,6-7,9-12H2,1H3;1H. The molecule has 1 heterocycles. The number of amides is 1. The summed E-state index contributed by atoms with van der Waals surface area (Å²) < 4.78 is 27.9. The molecule has 1 aromatic carbocycles. The SMILES string of the molecule is CNC1CCN(C(=O)c2cccc(S(=O)(=O)NC3CCCC3)c2)CC1.Cl. The van der Waals surface area contributed by atoms with Gasteiger partial charge in [0, 0.05) is 30.7 Å². The van der Waals surface area contributed by atoms with Crippen molar-refractivity contribution in [3.05, 3.63) is 29.8 Å². The van der Waals surface area contributed by atoms with Crippen LogP contribution in [0, 0.1) is 0 Å². The van der Waals surface area contributed by atoms with E-state index in [1.54, 1.807) is 18.2 Å². The number of carbonyl (C=O) groups excluding carboxylic acids is 1. The predicted octanol–water partition coefficient (Wildman–Crippen LogP) is 2.15. The molecule has 1 aliphatic heterocycles. The molecule has 1 aromatic rings. The first-order chi connectivity index (χ1) is 12.0. The van der Waals surface area contributed by atoms with Gasteiger partial charge in [0.1, 0.15) is 0 Å². The maximum absolute atomic E-state index is 12.7. The first-order valence-corrected chi connectivity index (χ1v) is 10.6. The second-order valence-corrected chi connectivity index (χ2v) is 8.70. The molecule has 1 aliphatic carbocycles. The van der Waals surface area contributed by atoms with E-state index in [0.717, 1.165) is 38.5 Å². The van der Waals surface area contributed by atoms with Gasteiger partial charge in [0.15, 0.2) is 0 Å². The molecule has 1 amide bonds. The van der Waals surface area contributed by atoms with Gasteiger partial charge in [-0.3, -0.25) is 4.79 Å². The lowest BCUT2D eigenvalue weighted by molar-refractivity contribution is 0.0707. The van der Waals surface area contributed by atoms with Gasteiger partial charge in [-0.05, 0) is 50.9 Å². The van der Waals surface area contributed by atoms with E-state index in [0.29, 0.717) is 24.7 Å². The molecule has 146 valence electrons. The highest BCUT2D eigenvalue weighted by Gasteiger charge is 2.26. The zero-order chi connectivity index (χ0) is 17.9. The first-order valence-electron chi connectivity index (χ1n) is 9.08. The Labute approximate surface area is 162 Å². The molecule has 2 N–H and O–H groups in total. The third-order valence-electron chi connectivity index (χ3n) is 5.26. The van der Waals surface area contributed by atoms with Gasteiger partial charge in [-0.2, -0.15) is 0 Å². The van der Waals surface area contributed by atoms with Crippen LogP contribution >= 0.6 is 12.4 Å². The van der Waals surface area contributed by atoms with E-state index in [-0.39, 0.29) is 29.3 Å². The fourth-order valence-electron chi connectivity index (χ4n) is 3.68. The summed E-state index contributed by atoms with van der Waals surface area (Å²) in [6.07, 6.45) is 5.74. The Morgan fingerprint density at radius 3 is 2.35 bits per heavy atom. The van der Waals surface area contributed by atoms with E-state index < -0.39 is 10.0 Å². The molecule has 0 spiro atoms. The van der Waals surface area contributed by atoms with Crippen LogP contribution in [0.4, 0.5) is 0 Å². The number of rotatable bonds is 5. The lowest BCUT2D eigenvalue weighted by atomic mass is 10.0. The molecule has 6 nitrogen and oxygen atoms in total. The van der Waals surface area contributed by atoms with Crippen molar-refractivity contribution in [2.75, 3.05) is 20.1 Å². The number of nitrogens with zero attached hydrogens (tertiary/aromatic N) is 1. The minimum atomic E-state index is -3.57. The van der Waals surface area contributed by atoms with Crippen LogP contribution in [0.2, 0.25) is 0 Å². The monoisotopic (exact) mass is 401 g/mol. The fraction of sp³-hybridized carbons (Fsp3) is 0.611. The van der Waals surface area contributed by atoms with Gasteiger partial charge in [-0.25, -0.2) is 13.1 Å². The highest BCUT2D eigenvalue weighted by Crippen LogP contribution is 2.21. The molecule has 1 saturated carbocycles. The van der Waals surface area contributed by atoms with Gasteiger partial charge in [0.25, 0.3) is 5.91 Å². The lowest BCUT2D eigenvalue weighted by Gasteiger charge is -2.32. The van der Waals surface area contributed by atoms with Gasteiger partial charge in [-0.15, -0.1) is 12.4 Å². The largest absolute Gasteiger partial charge is 0.339 e.